The highest BCUT2D eigenvalue weighted by Crippen LogP contribution is 2.37. The second-order valence-corrected chi connectivity index (χ2v) is 4.38. The number of rotatable bonds is 4. The van der Waals surface area contributed by atoms with Gasteiger partial charge in [-0.1, -0.05) is 6.92 Å². The maximum atomic E-state index is 11.2. The van der Waals surface area contributed by atoms with Crippen LogP contribution in [0.1, 0.15) is 43.0 Å². The zero-order valence-electron chi connectivity index (χ0n) is 9.49. The number of amides is 1. The van der Waals surface area contributed by atoms with Crippen LogP contribution in [-0.4, -0.2) is 16.4 Å². The molecule has 0 aliphatic heterocycles. The number of carbonyl (C=O) groups is 1. The maximum absolute atomic E-state index is 11.2. The molecule has 86 valence electrons. The predicted octanol–water partition coefficient (Wildman–Crippen LogP) is 1.93. The van der Waals surface area contributed by atoms with Gasteiger partial charge < -0.3 is 11.1 Å². The van der Waals surface area contributed by atoms with E-state index in [2.05, 4.69) is 17.2 Å². The molecule has 0 saturated heterocycles. The SMILES string of the molecule is CCC1(Nc2ncccc2C(N)=O)CCC1. The van der Waals surface area contributed by atoms with E-state index in [0.717, 1.165) is 19.3 Å². The second-order valence-electron chi connectivity index (χ2n) is 4.38. The Hall–Kier alpha value is -1.58. The van der Waals surface area contributed by atoms with E-state index in [1.54, 1.807) is 18.3 Å². The number of primary amides is 1. The molecule has 0 bridgehead atoms. The van der Waals surface area contributed by atoms with E-state index in [0.29, 0.717) is 11.4 Å². The highest BCUT2D eigenvalue weighted by molar-refractivity contribution is 5.97. The van der Waals surface area contributed by atoms with Gasteiger partial charge in [0, 0.05) is 11.7 Å². The molecule has 1 aromatic heterocycles. The van der Waals surface area contributed by atoms with Crippen LogP contribution >= 0.6 is 0 Å². The summed E-state index contributed by atoms with van der Waals surface area (Å²) >= 11 is 0. The summed E-state index contributed by atoms with van der Waals surface area (Å²) < 4.78 is 0. The summed E-state index contributed by atoms with van der Waals surface area (Å²) in [4.78, 5) is 15.4. The molecule has 3 N–H and O–H groups in total. The summed E-state index contributed by atoms with van der Waals surface area (Å²) in [5.41, 5.74) is 5.91. The predicted molar refractivity (Wildman–Crippen MR) is 63.3 cm³/mol. The lowest BCUT2D eigenvalue weighted by Crippen LogP contribution is -2.45. The minimum Gasteiger partial charge on any atom is -0.365 e. The minimum atomic E-state index is -0.429. The zero-order valence-corrected chi connectivity index (χ0v) is 9.49. The molecule has 0 radical (unpaired) electrons. The topological polar surface area (TPSA) is 68.0 Å². The molecule has 1 aromatic rings. The summed E-state index contributed by atoms with van der Waals surface area (Å²) in [5, 5.41) is 3.38. The first-order chi connectivity index (χ1) is 7.67. The molecular formula is C12H17N3O. The number of aromatic nitrogens is 1. The number of anilines is 1. The van der Waals surface area contributed by atoms with Gasteiger partial charge in [0.1, 0.15) is 5.82 Å². The highest BCUT2D eigenvalue weighted by Gasteiger charge is 2.35. The lowest BCUT2D eigenvalue weighted by molar-refractivity contribution is 0.100. The Morgan fingerprint density at radius 2 is 2.38 bits per heavy atom. The summed E-state index contributed by atoms with van der Waals surface area (Å²) in [6.45, 7) is 2.15. The first-order valence-electron chi connectivity index (χ1n) is 5.70. The van der Waals surface area contributed by atoms with Crippen LogP contribution in [0.5, 0.6) is 0 Å². The first-order valence-corrected chi connectivity index (χ1v) is 5.70. The third-order valence-corrected chi connectivity index (χ3v) is 3.44. The molecule has 1 aliphatic carbocycles. The van der Waals surface area contributed by atoms with Crippen LogP contribution in [0, 0.1) is 0 Å². The molecule has 1 amide bonds. The van der Waals surface area contributed by atoms with Gasteiger partial charge in [0.15, 0.2) is 0 Å². The first kappa shape index (κ1) is 10.9. The summed E-state index contributed by atoms with van der Waals surface area (Å²) in [6, 6.07) is 3.43. The van der Waals surface area contributed by atoms with Gasteiger partial charge in [-0.2, -0.15) is 0 Å². The Balaban J connectivity index is 2.23. The van der Waals surface area contributed by atoms with Crippen LogP contribution in [0.15, 0.2) is 18.3 Å². The molecular weight excluding hydrogens is 202 g/mol. The van der Waals surface area contributed by atoms with Gasteiger partial charge in [-0.15, -0.1) is 0 Å². The fraction of sp³-hybridized carbons (Fsp3) is 0.500. The Morgan fingerprint density at radius 3 is 2.88 bits per heavy atom. The number of nitrogens with zero attached hydrogens (tertiary/aromatic N) is 1. The lowest BCUT2D eigenvalue weighted by Gasteiger charge is -2.42. The average Bonchev–Trinajstić information content (AvgIpc) is 2.24. The van der Waals surface area contributed by atoms with E-state index < -0.39 is 5.91 Å². The normalized spacial score (nSPS) is 17.6. The Kier molecular flexibility index (Phi) is 2.81. The van der Waals surface area contributed by atoms with Crippen molar-refractivity contribution in [3.8, 4) is 0 Å². The van der Waals surface area contributed by atoms with Crippen molar-refractivity contribution in [1.29, 1.82) is 0 Å². The third kappa shape index (κ3) is 1.87. The maximum Gasteiger partial charge on any atom is 0.252 e. The summed E-state index contributed by atoms with van der Waals surface area (Å²) in [6.07, 6.45) is 6.23. The fourth-order valence-corrected chi connectivity index (χ4v) is 2.13. The van der Waals surface area contributed by atoms with E-state index in [9.17, 15) is 4.79 Å². The van der Waals surface area contributed by atoms with Gasteiger partial charge in [-0.3, -0.25) is 4.79 Å². The zero-order chi connectivity index (χ0) is 11.6. The van der Waals surface area contributed by atoms with Crippen LogP contribution in [0.3, 0.4) is 0 Å². The Bertz CT molecular complexity index is 393. The van der Waals surface area contributed by atoms with Gasteiger partial charge in [-0.05, 0) is 37.8 Å². The summed E-state index contributed by atoms with van der Waals surface area (Å²) in [5.74, 6) is 0.192. The van der Waals surface area contributed by atoms with E-state index in [-0.39, 0.29) is 5.54 Å². The molecule has 0 aromatic carbocycles. The number of nitrogens with two attached hydrogens (primary N) is 1. The second kappa shape index (κ2) is 4.12. The molecule has 0 unspecified atom stereocenters. The molecule has 4 nitrogen and oxygen atoms in total. The summed E-state index contributed by atoms with van der Waals surface area (Å²) in [7, 11) is 0. The number of hydrogen-bond acceptors (Lipinski definition) is 3. The van der Waals surface area contributed by atoms with Crippen LogP contribution in [0.2, 0.25) is 0 Å². The van der Waals surface area contributed by atoms with Gasteiger partial charge in [-0.25, -0.2) is 4.98 Å². The standard InChI is InChI=1S/C12H17N3O/c1-2-12(6-4-7-12)15-11-9(10(13)16)5-3-8-14-11/h3,5,8H,2,4,6-7H2,1H3,(H2,13,16)(H,14,15). The molecule has 0 atom stereocenters. The van der Waals surface area contributed by atoms with Crippen LogP contribution < -0.4 is 11.1 Å². The lowest BCUT2D eigenvalue weighted by atomic mass is 9.75. The van der Waals surface area contributed by atoms with Crippen molar-refractivity contribution < 1.29 is 4.79 Å². The molecule has 1 saturated carbocycles. The van der Waals surface area contributed by atoms with Crippen molar-refractivity contribution in [2.45, 2.75) is 38.1 Å². The molecule has 1 fully saturated rings. The van der Waals surface area contributed by atoms with Crippen molar-refractivity contribution in [2.24, 2.45) is 5.73 Å². The third-order valence-electron chi connectivity index (χ3n) is 3.44. The minimum absolute atomic E-state index is 0.124. The van der Waals surface area contributed by atoms with E-state index >= 15 is 0 Å². The molecule has 2 rings (SSSR count). The van der Waals surface area contributed by atoms with Crippen LogP contribution in [-0.2, 0) is 0 Å². The van der Waals surface area contributed by atoms with Gasteiger partial charge in [0.25, 0.3) is 5.91 Å². The quantitative estimate of drug-likeness (QED) is 0.813. The fourth-order valence-electron chi connectivity index (χ4n) is 2.13. The number of pyridine rings is 1. The van der Waals surface area contributed by atoms with Crippen molar-refractivity contribution in [1.82, 2.24) is 4.98 Å². The van der Waals surface area contributed by atoms with E-state index in [1.165, 1.54) is 6.42 Å². The van der Waals surface area contributed by atoms with Gasteiger partial charge >= 0.3 is 0 Å². The number of hydrogen-bond donors (Lipinski definition) is 2. The van der Waals surface area contributed by atoms with Gasteiger partial charge in [0.2, 0.25) is 0 Å². The van der Waals surface area contributed by atoms with Crippen molar-refractivity contribution in [2.75, 3.05) is 5.32 Å². The number of carbonyl (C=O) groups excluding carboxylic acids is 1. The van der Waals surface area contributed by atoms with E-state index in [1.807, 2.05) is 0 Å². The van der Waals surface area contributed by atoms with Crippen LogP contribution in [0.25, 0.3) is 0 Å². The molecule has 4 heteroatoms. The number of nitrogens with one attached hydrogen (secondary N) is 1. The van der Waals surface area contributed by atoms with Crippen LogP contribution in [0.4, 0.5) is 5.82 Å². The largest absolute Gasteiger partial charge is 0.365 e. The monoisotopic (exact) mass is 219 g/mol. The average molecular weight is 219 g/mol. The smallest absolute Gasteiger partial charge is 0.252 e. The molecule has 1 aliphatic rings. The van der Waals surface area contributed by atoms with Gasteiger partial charge in [0.05, 0.1) is 5.56 Å². The molecule has 16 heavy (non-hydrogen) atoms. The highest BCUT2D eigenvalue weighted by atomic mass is 16.1. The van der Waals surface area contributed by atoms with Crippen molar-refractivity contribution in [3.05, 3.63) is 23.9 Å². The van der Waals surface area contributed by atoms with Crippen molar-refractivity contribution in [3.63, 3.8) is 0 Å². The Morgan fingerprint density at radius 1 is 1.62 bits per heavy atom. The molecule has 0 spiro atoms. The molecule has 1 heterocycles. The Labute approximate surface area is 95.3 Å². The van der Waals surface area contributed by atoms with E-state index in [4.69, 9.17) is 5.73 Å². The van der Waals surface area contributed by atoms with Crippen molar-refractivity contribution >= 4 is 11.7 Å².